The summed E-state index contributed by atoms with van der Waals surface area (Å²) in [6, 6.07) is 2.97. The number of rotatable bonds is 10. The number of unbranched alkanes of at least 4 members (excludes halogenated alkanes) is 1. The maximum atomic E-state index is 14.2. The van der Waals surface area contributed by atoms with E-state index in [0.29, 0.717) is 12.8 Å². The molecule has 0 fully saturated rings. The predicted octanol–water partition coefficient (Wildman–Crippen LogP) is 3.27. The van der Waals surface area contributed by atoms with Gasteiger partial charge < -0.3 is 30.2 Å². The summed E-state index contributed by atoms with van der Waals surface area (Å²) < 4.78 is 57.2. The highest BCUT2D eigenvalue weighted by Crippen LogP contribution is 2.25. The van der Waals surface area contributed by atoms with Gasteiger partial charge in [0.2, 0.25) is 11.8 Å². The molecular formula is C26H31F4N7O5. The molecule has 0 aliphatic rings. The number of imidazole rings is 1. The summed E-state index contributed by atoms with van der Waals surface area (Å²) in [5, 5.41) is 2.55. The number of amides is 3. The third kappa shape index (κ3) is 10.7. The number of aryl methyl sites for hydroxylation is 1. The van der Waals surface area contributed by atoms with Gasteiger partial charge in [0.25, 0.3) is 5.56 Å². The Labute approximate surface area is 237 Å². The number of aromatic amines is 1. The number of methoxy groups -OCH3 is 1. The first-order valence-corrected chi connectivity index (χ1v) is 12.5. The van der Waals surface area contributed by atoms with Gasteiger partial charge >= 0.3 is 12.3 Å². The van der Waals surface area contributed by atoms with Crippen molar-refractivity contribution < 1.29 is 36.7 Å². The molecule has 3 aromatic heterocycles. The van der Waals surface area contributed by atoms with E-state index in [0.717, 1.165) is 6.20 Å². The quantitative estimate of drug-likeness (QED) is 0.183. The molecule has 3 rings (SSSR count). The molecule has 0 saturated carbocycles. The average Bonchev–Trinajstić information content (AvgIpc) is 3.34. The van der Waals surface area contributed by atoms with Gasteiger partial charge in [-0.3, -0.25) is 19.4 Å². The van der Waals surface area contributed by atoms with Gasteiger partial charge in [-0.15, -0.1) is 0 Å². The zero-order valence-electron chi connectivity index (χ0n) is 23.1. The molecule has 3 heterocycles. The lowest BCUT2D eigenvalue weighted by atomic mass is 10.2. The number of nitrogens with one attached hydrogen (secondary N) is 2. The first-order chi connectivity index (χ1) is 19.7. The van der Waals surface area contributed by atoms with Crippen LogP contribution in [0.4, 0.5) is 28.0 Å². The lowest BCUT2D eigenvalue weighted by Crippen LogP contribution is -2.26. The smallest absolute Gasteiger partial charge is 0.404 e. The summed E-state index contributed by atoms with van der Waals surface area (Å²) in [5.41, 5.74) is 3.81. The number of halogens is 4. The highest BCUT2D eigenvalue weighted by molar-refractivity contribution is 5.90. The van der Waals surface area contributed by atoms with Gasteiger partial charge in [-0.25, -0.2) is 14.2 Å². The molecule has 3 amide bonds. The van der Waals surface area contributed by atoms with Crippen LogP contribution in [0.15, 0.2) is 41.5 Å². The van der Waals surface area contributed by atoms with Gasteiger partial charge in [-0.05, 0) is 31.1 Å². The fourth-order valence-electron chi connectivity index (χ4n) is 3.43. The van der Waals surface area contributed by atoms with Crippen molar-refractivity contribution in [1.29, 1.82) is 0 Å². The molecular weight excluding hydrogens is 566 g/mol. The molecule has 228 valence electrons. The normalized spacial score (nSPS) is 11.2. The van der Waals surface area contributed by atoms with Crippen molar-refractivity contribution in [2.75, 3.05) is 26.5 Å². The highest BCUT2D eigenvalue weighted by atomic mass is 19.4. The molecule has 0 aliphatic carbocycles. The molecule has 16 heteroatoms. The van der Waals surface area contributed by atoms with Crippen molar-refractivity contribution in [2.24, 2.45) is 5.73 Å². The van der Waals surface area contributed by atoms with Crippen LogP contribution in [0.1, 0.15) is 37.2 Å². The van der Waals surface area contributed by atoms with Crippen LogP contribution in [0.5, 0.6) is 0 Å². The Kier molecular flexibility index (Phi) is 12.2. The number of hydrogen-bond donors (Lipinski definition) is 3. The number of carbonyl (C=O) groups excluding carboxylic acids is 3. The molecule has 0 aromatic carbocycles. The number of likely N-dealkylation sites (N-methyl/N-ethyl adjacent to an activating group) is 1. The number of nitrogens with two attached hydrogens (primary N) is 1. The monoisotopic (exact) mass is 597 g/mol. The number of pyridine rings is 2. The molecule has 0 aliphatic heterocycles. The van der Waals surface area contributed by atoms with Gasteiger partial charge in [0.05, 0.1) is 31.1 Å². The molecule has 0 spiro atoms. The second-order valence-electron chi connectivity index (χ2n) is 9.03. The minimum Gasteiger partial charge on any atom is -0.453 e. The Morgan fingerprint density at radius 2 is 1.95 bits per heavy atom. The third-order valence-electron chi connectivity index (χ3n) is 5.54. The van der Waals surface area contributed by atoms with Gasteiger partial charge in [0, 0.05) is 39.6 Å². The molecule has 12 nitrogen and oxygen atoms in total. The molecule has 0 atom stereocenters. The van der Waals surface area contributed by atoms with E-state index < -0.39 is 36.5 Å². The standard InChI is InChI=1S/C24H26F4N6O3.C2H5NO2/c1-33(2)20(36)9-5-3-4-8-19(35)30-17-7-6-12-34(23(17)37)14-18-31-21-15(25)13-29-16(22(21)32-18)10-11-24(26,27)28;1-5-2(3)4/h5-7,9,12-13H,3-4,8,10-11,14H2,1-2H3,(H,30,35)(H,31,32);1H3,(H2,3,4)/b9-5+;. The van der Waals surface area contributed by atoms with Crippen LogP contribution in [0.25, 0.3) is 11.0 Å². The van der Waals surface area contributed by atoms with Crippen molar-refractivity contribution >= 4 is 34.6 Å². The topological polar surface area (TPSA) is 165 Å². The zero-order valence-corrected chi connectivity index (χ0v) is 23.1. The SMILES string of the molecule is CN(C)C(=O)/C=C/CCCC(=O)Nc1cccn(Cc2nc3c(F)cnc(CCC(F)(F)F)c3[nH]2)c1=O.COC(N)=O. The number of ether oxygens (including phenoxy) is 1. The number of H-pyrrole nitrogens is 1. The number of anilines is 1. The fraction of sp³-hybridized carbons (Fsp3) is 0.385. The van der Waals surface area contributed by atoms with Gasteiger partial charge in [0.1, 0.15) is 17.0 Å². The number of allylic oxidation sites excluding steroid dienone is 1. The van der Waals surface area contributed by atoms with E-state index in [1.165, 1.54) is 41.0 Å². The van der Waals surface area contributed by atoms with Gasteiger partial charge in [-0.1, -0.05) is 6.08 Å². The molecule has 0 saturated heterocycles. The number of carbonyl (C=O) groups is 3. The summed E-state index contributed by atoms with van der Waals surface area (Å²) in [6.07, 6.45) is -0.257. The maximum Gasteiger partial charge on any atom is 0.404 e. The average molecular weight is 598 g/mol. The summed E-state index contributed by atoms with van der Waals surface area (Å²) in [6.45, 7) is -0.139. The summed E-state index contributed by atoms with van der Waals surface area (Å²) in [7, 11) is 4.49. The third-order valence-corrected chi connectivity index (χ3v) is 5.54. The van der Waals surface area contributed by atoms with Crippen LogP contribution in [0.2, 0.25) is 0 Å². The second-order valence-corrected chi connectivity index (χ2v) is 9.03. The minimum absolute atomic E-state index is 0.0155. The van der Waals surface area contributed by atoms with E-state index in [4.69, 9.17) is 0 Å². The molecule has 0 bridgehead atoms. The first-order valence-electron chi connectivity index (χ1n) is 12.5. The van der Waals surface area contributed by atoms with Crippen molar-refractivity contribution in [3.63, 3.8) is 0 Å². The van der Waals surface area contributed by atoms with Crippen molar-refractivity contribution in [3.8, 4) is 0 Å². The Morgan fingerprint density at radius 3 is 2.57 bits per heavy atom. The Hall–Kier alpha value is -4.76. The Balaban J connectivity index is 0.00000113. The minimum atomic E-state index is -4.40. The van der Waals surface area contributed by atoms with E-state index in [1.807, 2.05) is 0 Å². The van der Waals surface area contributed by atoms with E-state index in [1.54, 1.807) is 20.2 Å². The lowest BCUT2D eigenvalue weighted by Gasteiger charge is -2.08. The van der Waals surface area contributed by atoms with Crippen LogP contribution in [-0.2, 0) is 27.3 Å². The van der Waals surface area contributed by atoms with Crippen LogP contribution in [-0.4, -0.2) is 69.7 Å². The maximum absolute atomic E-state index is 14.2. The van der Waals surface area contributed by atoms with E-state index in [2.05, 4.69) is 30.7 Å². The van der Waals surface area contributed by atoms with E-state index in [-0.39, 0.29) is 53.0 Å². The largest absolute Gasteiger partial charge is 0.453 e. The molecule has 4 N–H and O–H groups in total. The number of hydrogen-bond acceptors (Lipinski definition) is 7. The predicted molar refractivity (Wildman–Crippen MR) is 145 cm³/mol. The molecule has 42 heavy (non-hydrogen) atoms. The van der Waals surface area contributed by atoms with Crippen LogP contribution in [0.3, 0.4) is 0 Å². The van der Waals surface area contributed by atoms with Crippen molar-refractivity contribution in [2.45, 2.75) is 44.8 Å². The highest BCUT2D eigenvalue weighted by Gasteiger charge is 2.28. The number of nitrogens with zero attached hydrogens (tertiary/aromatic N) is 4. The Morgan fingerprint density at radius 1 is 1.26 bits per heavy atom. The lowest BCUT2D eigenvalue weighted by molar-refractivity contribution is -0.134. The Bertz CT molecular complexity index is 1480. The number of fused-ring (bicyclic) bond motifs is 1. The van der Waals surface area contributed by atoms with Crippen LogP contribution >= 0.6 is 0 Å². The van der Waals surface area contributed by atoms with E-state index in [9.17, 15) is 36.7 Å². The van der Waals surface area contributed by atoms with E-state index >= 15 is 0 Å². The second kappa shape index (κ2) is 15.3. The van der Waals surface area contributed by atoms with Crippen molar-refractivity contribution in [1.82, 2.24) is 24.4 Å². The number of aromatic nitrogens is 4. The molecule has 3 aromatic rings. The zero-order chi connectivity index (χ0) is 31.4. The van der Waals surface area contributed by atoms with Gasteiger partial charge in [0.15, 0.2) is 5.82 Å². The molecule has 0 unspecified atom stereocenters. The number of alkyl halides is 3. The summed E-state index contributed by atoms with van der Waals surface area (Å²) in [4.78, 5) is 58.0. The summed E-state index contributed by atoms with van der Waals surface area (Å²) >= 11 is 0. The van der Waals surface area contributed by atoms with Gasteiger partial charge in [-0.2, -0.15) is 13.2 Å². The van der Waals surface area contributed by atoms with Crippen LogP contribution in [0, 0.1) is 5.82 Å². The summed E-state index contributed by atoms with van der Waals surface area (Å²) in [5.74, 6) is -1.20. The fourth-order valence-corrected chi connectivity index (χ4v) is 3.43. The van der Waals surface area contributed by atoms with Crippen LogP contribution < -0.4 is 16.6 Å². The molecule has 0 radical (unpaired) electrons. The number of primary amides is 1. The first kappa shape index (κ1) is 33.4. The van der Waals surface area contributed by atoms with Crippen molar-refractivity contribution in [3.05, 3.63) is 64.4 Å².